The summed E-state index contributed by atoms with van der Waals surface area (Å²) in [5.41, 5.74) is 1.54. The lowest BCUT2D eigenvalue weighted by Gasteiger charge is -2.35. The van der Waals surface area contributed by atoms with Gasteiger partial charge < -0.3 is 4.74 Å². The number of carbonyl (C=O) groups excluding carboxylic acids is 2. The summed E-state index contributed by atoms with van der Waals surface area (Å²) in [6.45, 7) is 5.58. The van der Waals surface area contributed by atoms with Gasteiger partial charge in [-0.15, -0.1) is 0 Å². The number of halogens is 1. The highest BCUT2D eigenvalue weighted by Gasteiger charge is 2.55. The largest absolute Gasteiger partial charge is 0.437 e. The Labute approximate surface area is 184 Å². The molecule has 1 aliphatic carbocycles. The fourth-order valence-corrected chi connectivity index (χ4v) is 4.27. The molecule has 0 atom stereocenters. The number of benzene rings is 3. The lowest BCUT2D eigenvalue weighted by molar-refractivity contribution is -0.143. The van der Waals surface area contributed by atoms with Gasteiger partial charge in [0.15, 0.2) is 5.78 Å². The molecule has 3 aromatic carbocycles. The normalized spacial score (nSPS) is 14.1. The number of fused-ring (bicyclic) bond motifs is 3. The quantitative estimate of drug-likeness (QED) is 0.331. The van der Waals surface area contributed by atoms with Gasteiger partial charge in [0.2, 0.25) is 5.60 Å². The molecule has 4 rings (SSSR count). The first-order valence-corrected chi connectivity index (χ1v) is 10.6. The van der Waals surface area contributed by atoms with E-state index in [0.29, 0.717) is 5.56 Å². The maximum atomic E-state index is 13.9. The third-order valence-corrected chi connectivity index (χ3v) is 5.95. The molecular weight excluding hydrogens is 475 g/mol. The van der Waals surface area contributed by atoms with E-state index in [9.17, 15) is 9.59 Å². The van der Waals surface area contributed by atoms with Crippen LogP contribution in [0.15, 0.2) is 72.8 Å². The van der Waals surface area contributed by atoms with Crippen LogP contribution >= 0.6 is 22.6 Å². The van der Waals surface area contributed by atoms with E-state index in [1.807, 2.05) is 81.4 Å². The second-order valence-electron chi connectivity index (χ2n) is 8.25. The molecule has 0 N–H and O–H groups in total. The molecule has 3 nitrogen and oxygen atoms in total. The van der Waals surface area contributed by atoms with Crippen LogP contribution in [0.1, 0.15) is 42.3 Å². The van der Waals surface area contributed by atoms with E-state index in [0.717, 1.165) is 25.8 Å². The molecule has 0 saturated heterocycles. The van der Waals surface area contributed by atoms with E-state index >= 15 is 0 Å². The molecule has 0 unspecified atom stereocenters. The first kappa shape index (κ1) is 19.8. The van der Waals surface area contributed by atoms with Crippen molar-refractivity contribution in [2.45, 2.75) is 26.4 Å². The molecular formula is C25H21IO3. The molecule has 0 saturated carbocycles. The molecule has 0 aromatic heterocycles. The van der Waals surface area contributed by atoms with E-state index in [1.165, 1.54) is 0 Å². The van der Waals surface area contributed by atoms with Crippen molar-refractivity contribution in [2.24, 2.45) is 5.41 Å². The Balaban J connectivity index is 1.95. The predicted molar refractivity (Wildman–Crippen MR) is 122 cm³/mol. The Bertz CT molecular complexity index is 1060. The molecule has 1 aliphatic rings. The Morgan fingerprint density at radius 2 is 1.28 bits per heavy atom. The van der Waals surface area contributed by atoms with Crippen LogP contribution < -0.4 is 0 Å². The van der Waals surface area contributed by atoms with Crippen LogP contribution in [0.25, 0.3) is 11.1 Å². The number of hydrogen-bond donors (Lipinski definition) is 0. The summed E-state index contributed by atoms with van der Waals surface area (Å²) >= 11 is 2.19. The second-order valence-corrected chi connectivity index (χ2v) is 9.49. The van der Waals surface area contributed by atoms with Crippen molar-refractivity contribution in [3.8, 4) is 11.1 Å². The lowest BCUT2D eigenvalue weighted by atomic mass is 9.75. The van der Waals surface area contributed by atoms with E-state index < -0.39 is 17.0 Å². The molecule has 0 amide bonds. The van der Waals surface area contributed by atoms with Crippen molar-refractivity contribution >= 4 is 34.3 Å². The maximum Gasteiger partial charge on any atom is 0.339 e. The smallest absolute Gasteiger partial charge is 0.339 e. The number of Topliss-reactive ketones (excluding diaryl/α,β-unsaturated/α-hetero) is 1. The van der Waals surface area contributed by atoms with Gasteiger partial charge in [0, 0.05) is 20.1 Å². The molecule has 0 heterocycles. The van der Waals surface area contributed by atoms with Crippen molar-refractivity contribution in [1.29, 1.82) is 0 Å². The lowest BCUT2D eigenvalue weighted by Crippen LogP contribution is -2.46. The molecule has 0 fully saturated rings. The fraction of sp³-hybridized carbons (Fsp3) is 0.200. The van der Waals surface area contributed by atoms with Crippen LogP contribution in [0, 0.1) is 8.99 Å². The topological polar surface area (TPSA) is 43.4 Å². The van der Waals surface area contributed by atoms with Crippen molar-refractivity contribution in [3.63, 3.8) is 0 Å². The third-order valence-electron chi connectivity index (χ3n) is 5.23. The van der Waals surface area contributed by atoms with E-state index in [1.54, 1.807) is 12.1 Å². The number of ether oxygens (including phenoxy) is 1. The molecule has 0 aliphatic heterocycles. The van der Waals surface area contributed by atoms with Crippen molar-refractivity contribution in [3.05, 3.63) is 93.1 Å². The van der Waals surface area contributed by atoms with Gasteiger partial charge in [-0.1, -0.05) is 69.3 Å². The van der Waals surface area contributed by atoms with Gasteiger partial charge in [-0.25, -0.2) is 4.79 Å². The van der Waals surface area contributed by atoms with Gasteiger partial charge in [-0.05, 0) is 58.0 Å². The minimum atomic E-state index is -1.47. The monoisotopic (exact) mass is 496 g/mol. The van der Waals surface area contributed by atoms with E-state index in [2.05, 4.69) is 22.6 Å². The number of esters is 1. The summed E-state index contributed by atoms with van der Waals surface area (Å²) in [7, 11) is 0. The summed E-state index contributed by atoms with van der Waals surface area (Å²) in [5, 5.41) is 0. The van der Waals surface area contributed by atoms with Gasteiger partial charge in [0.1, 0.15) is 0 Å². The Morgan fingerprint density at radius 3 is 1.76 bits per heavy atom. The molecule has 4 heteroatoms. The predicted octanol–water partition coefficient (Wildman–Crippen LogP) is 5.99. The average molecular weight is 496 g/mol. The number of rotatable bonds is 3. The second kappa shape index (κ2) is 7.10. The van der Waals surface area contributed by atoms with Crippen LogP contribution in [0.3, 0.4) is 0 Å². The summed E-state index contributed by atoms with van der Waals surface area (Å²) in [5.74, 6) is -0.647. The zero-order valence-electron chi connectivity index (χ0n) is 16.5. The van der Waals surface area contributed by atoms with Crippen molar-refractivity contribution in [1.82, 2.24) is 0 Å². The summed E-state index contributed by atoms with van der Waals surface area (Å²) in [6.07, 6.45) is 0. The van der Waals surface area contributed by atoms with Crippen molar-refractivity contribution in [2.75, 3.05) is 0 Å². The SMILES string of the molecule is CC(C)(C)C(=O)C1(OC(=O)c2ccc(I)cc2)c2ccccc2-c2ccccc21. The number of ketones is 1. The van der Waals surface area contributed by atoms with Crippen molar-refractivity contribution < 1.29 is 14.3 Å². The maximum absolute atomic E-state index is 13.9. The zero-order valence-corrected chi connectivity index (χ0v) is 18.7. The van der Waals surface area contributed by atoms with E-state index in [4.69, 9.17) is 4.74 Å². The summed E-state index contributed by atoms with van der Waals surface area (Å²) < 4.78 is 7.20. The minimum absolute atomic E-state index is 0.138. The molecule has 0 spiro atoms. The average Bonchev–Trinajstić information content (AvgIpc) is 2.98. The molecule has 0 radical (unpaired) electrons. The molecule has 0 bridgehead atoms. The van der Waals surface area contributed by atoms with Crippen LogP contribution in [-0.4, -0.2) is 11.8 Å². The molecule has 29 heavy (non-hydrogen) atoms. The minimum Gasteiger partial charge on any atom is -0.437 e. The number of carbonyl (C=O) groups is 2. The van der Waals surface area contributed by atoms with Gasteiger partial charge in [0.05, 0.1) is 5.56 Å². The van der Waals surface area contributed by atoms with Gasteiger partial charge in [-0.2, -0.15) is 0 Å². The van der Waals surface area contributed by atoms with Gasteiger partial charge >= 0.3 is 5.97 Å². The van der Waals surface area contributed by atoms with E-state index in [-0.39, 0.29) is 5.78 Å². The third kappa shape index (κ3) is 3.19. The highest BCUT2D eigenvalue weighted by Crippen LogP contribution is 2.52. The fourth-order valence-electron chi connectivity index (χ4n) is 3.91. The zero-order chi connectivity index (χ0) is 20.8. The van der Waals surface area contributed by atoms with Crippen LogP contribution in [0.5, 0.6) is 0 Å². The summed E-state index contributed by atoms with van der Waals surface area (Å²) in [6, 6.07) is 22.5. The first-order valence-electron chi connectivity index (χ1n) is 9.48. The summed E-state index contributed by atoms with van der Waals surface area (Å²) in [4.78, 5) is 27.0. The van der Waals surface area contributed by atoms with Crippen LogP contribution in [-0.2, 0) is 15.1 Å². The highest BCUT2D eigenvalue weighted by atomic mass is 127. The highest BCUT2D eigenvalue weighted by molar-refractivity contribution is 14.1. The Morgan fingerprint density at radius 1 is 0.793 bits per heavy atom. The Kier molecular flexibility index (Phi) is 4.85. The first-order chi connectivity index (χ1) is 13.7. The van der Waals surface area contributed by atoms with Gasteiger partial charge in [0.25, 0.3) is 0 Å². The Hall–Kier alpha value is -2.47. The van der Waals surface area contributed by atoms with Crippen LogP contribution in [0.2, 0.25) is 0 Å². The molecule has 146 valence electrons. The van der Waals surface area contributed by atoms with Gasteiger partial charge in [-0.3, -0.25) is 4.79 Å². The molecule has 3 aromatic rings. The van der Waals surface area contributed by atoms with Crippen LogP contribution in [0.4, 0.5) is 0 Å². The number of hydrogen-bond acceptors (Lipinski definition) is 3. The standard InChI is InChI=1S/C25H21IO3/c1-24(2,3)23(28)25(29-22(27)16-12-14-17(26)15-13-16)20-10-6-4-8-18(20)19-9-5-7-11-21(19)25/h4-15H,1-3H3.